The number of carbonyl (C=O) groups is 1. The third kappa shape index (κ3) is 7.30. The van der Waals surface area contributed by atoms with E-state index in [-0.39, 0.29) is 5.97 Å². The molecule has 1 atom stereocenters. The molecular formula is C26H34O2S3. The molecule has 0 fully saturated rings. The number of rotatable bonds is 13. The molecule has 0 aliphatic heterocycles. The van der Waals surface area contributed by atoms with Crippen molar-refractivity contribution in [2.24, 2.45) is 5.92 Å². The summed E-state index contributed by atoms with van der Waals surface area (Å²) in [6, 6.07) is 12.9. The van der Waals surface area contributed by atoms with Gasteiger partial charge in [0.2, 0.25) is 0 Å². The van der Waals surface area contributed by atoms with E-state index in [4.69, 9.17) is 4.74 Å². The molecule has 0 saturated carbocycles. The van der Waals surface area contributed by atoms with Gasteiger partial charge in [-0.2, -0.15) is 0 Å². The quantitative estimate of drug-likeness (QED) is 0.182. The Labute approximate surface area is 199 Å². The Balaban J connectivity index is 1.54. The Kier molecular flexibility index (Phi) is 9.82. The second-order valence-electron chi connectivity index (χ2n) is 8.22. The summed E-state index contributed by atoms with van der Waals surface area (Å²) in [6.45, 7) is 6.97. The summed E-state index contributed by atoms with van der Waals surface area (Å²) < 4.78 is 5.44. The molecule has 3 rings (SSSR count). The van der Waals surface area contributed by atoms with Gasteiger partial charge in [-0.1, -0.05) is 59.3 Å². The smallest absolute Gasteiger partial charge is 0.348 e. The summed E-state index contributed by atoms with van der Waals surface area (Å²) >= 11 is 5.25. The van der Waals surface area contributed by atoms with E-state index in [0.29, 0.717) is 17.4 Å². The van der Waals surface area contributed by atoms with Crippen LogP contribution in [0.4, 0.5) is 0 Å². The molecule has 3 heterocycles. The highest BCUT2D eigenvalue weighted by molar-refractivity contribution is 7.26. The highest BCUT2D eigenvalue weighted by Gasteiger charge is 2.15. The fraction of sp³-hybridized carbons (Fsp3) is 0.500. The SMILES string of the molecule is CCCCCCCCc1ccc(-c2ccc(-c3ccc(C(=O)OC[C@H](C)CC)s3)s2)s1. The lowest BCUT2D eigenvalue weighted by molar-refractivity contribution is 0.0453. The molecule has 0 amide bonds. The van der Waals surface area contributed by atoms with Crippen molar-refractivity contribution in [1.29, 1.82) is 0 Å². The van der Waals surface area contributed by atoms with Crippen molar-refractivity contribution in [1.82, 2.24) is 0 Å². The molecule has 168 valence electrons. The lowest BCUT2D eigenvalue weighted by atomic mass is 10.1. The highest BCUT2D eigenvalue weighted by atomic mass is 32.1. The first kappa shape index (κ1) is 24.2. The van der Waals surface area contributed by atoms with Crippen molar-refractivity contribution in [2.75, 3.05) is 6.61 Å². The minimum absolute atomic E-state index is 0.203. The molecule has 0 aliphatic carbocycles. The normalized spacial score (nSPS) is 12.2. The molecule has 0 bridgehead atoms. The monoisotopic (exact) mass is 474 g/mol. The van der Waals surface area contributed by atoms with E-state index >= 15 is 0 Å². The van der Waals surface area contributed by atoms with Crippen LogP contribution in [0.25, 0.3) is 19.5 Å². The Morgan fingerprint density at radius 2 is 1.42 bits per heavy atom. The molecule has 2 nitrogen and oxygen atoms in total. The minimum atomic E-state index is -0.203. The number of aryl methyl sites for hydroxylation is 1. The van der Waals surface area contributed by atoms with Crippen molar-refractivity contribution in [3.05, 3.63) is 46.2 Å². The van der Waals surface area contributed by atoms with Gasteiger partial charge in [0, 0.05) is 24.4 Å². The topological polar surface area (TPSA) is 26.3 Å². The van der Waals surface area contributed by atoms with Crippen molar-refractivity contribution in [3.8, 4) is 19.5 Å². The molecule has 0 unspecified atom stereocenters. The van der Waals surface area contributed by atoms with Crippen LogP contribution in [0.2, 0.25) is 0 Å². The second kappa shape index (κ2) is 12.6. The molecule has 0 N–H and O–H groups in total. The van der Waals surface area contributed by atoms with Gasteiger partial charge < -0.3 is 4.74 Å². The van der Waals surface area contributed by atoms with Crippen molar-refractivity contribution in [2.45, 2.75) is 72.1 Å². The molecule has 0 saturated heterocycles. The van der Waals surface area contributed by atoms with Crippen molar-refractivity contribution >= 4 is 40.0 Å². The third-order valence-electron chi connectivity index (χ3n) is 5.53. The van der Waals surface area contributed by atoms with E-state index in [1.54, 1.807) is 11.3 Å². The molecule has 0 aliphatic rings. The Bertz CT molecular complexity index is 934. The van der Waals surface area contributed by atoms with Crippen LogP contribution in [-0.2, 0) is 11.2 Å². The molecule has 0 aromatic carbocycles. The van der Waals surface area contributed by atoms with Gasteiger partial charge in [-0.25, -0.2) is 4.79 Å². The first-order valence-corrected chi connectivity index (χ1v) is 14.0. The summed E-state index contributed by atoms with van der Waals surface area (Å²) in [5, 5.41) is 0. The van der Waals surface area contributed by atoms with Crippen molar-refractivity contribution < 1.29 is 9.53 Å². The Morgan fingerprint density at radius 3 is 2.16 bits per heavy atom. The average Bonchev–Trinajstić information content (AvgIpc) is 3.53. The van der Waals surface area contributed by atoms with Gasteiger partial charge in [-0.05, 0) is 55.2 Å². The zero-order valence-electron chi connectivity index (χ0n) is 18.9. The first-order chi connectivity index (χ1) is 15.1. The number of unbranched alkanes of at least 4 members (excludes halogenated alkanes) is 5. The number of ether oxygens (including phenoxy) is 1. The standard InChI is InChI=1S/C26H34O2S3/c1-4-6-7-8-9-10-11-20-12-13-21(29-20)22-14-15-23(30-22)24-16-17-25(31-24)26(27)28-18-19(3)5-2/h12-17,19H,4-11,18H2,1-3H3/t19-/m1/s1. The maximum Gasteiger partial charge on any atom is 0.348 e. The molecule has 0 spiro atoms. The number of carbonyl (C=O) groups excluding carboxylic acids is 1. The summed E-state index contributed by atoms with van der Waals surface area (Å²) in [7, 11) is 0. The van der Waals surface area contributed by atoms with Gasteiger partial charge >= 0.3 is 5.97 Å². The van der Waals surface area contributed by atoms with Gasteiger partial charge in [0.25, 0.3) is 0 Å². The van der Waals surface area contributed by atoms with Crippen LogP contribution in [0.15, 0.2) is 36.4 Å². The van der Waals surface area contributed by atoms with Crippen LogP contribution in [0.3, 0.4) is 0 Å². The van der Waals surface area contributed by atoms with E-state index in [0.717, 1.165) is 11.3 Å². The summed E-state index contributed by atoms with van der Waals surface area (Å²) in [5.41, 5.74) is 0. The molecule has 0 radical (unpaired) electrons. The van der Waals surface area contributed by atoms with Crippen LogP contribution >= 0.6 is 34.0 Å². The first-order valence-electron chi connectivity index (χ1n) is 11.6. The number of hydrogen-bond donors (Lipinski definition) is 0. The van der Waals surface area contributed by atoms with Crippen LogP contribution < -0.4 is 0 Å². The van der Waals surface area contributed by atoms with Gasteiger partial charge in [0.1, 0.15) is 4.88 Å². The fourth-order valence-electron chi connectivity index (χ4n) is 3.31. The van der Waals surface area contributed by atoms with Gasteiger partial charge in [0.05, 0.1) is 6.61 Å². The summed E-state index contributed by atoms with van der Waals surface area (Å²) in [5.74, 6) is 0.200. The summed E-state index contributed by atoms with van der Waals surface area (Å²) in [4.78, 5) is 19.5. The highest BCUT2D eigenvalue weighted by Crippen LogP contribution is 2.40. The van der Waals surface area contributed by atoms with Crippen LogP contribution in [0.5, 0.6) is 0 Å². The summed E-state index contributed by atoms with van der Waals surface area (Å²) in [6.07, 6.45) is 10.3. The van der Waals surface area contributed by atoms with E-state index in [2.05, 4.69) is 45.0 Å². The van der Waals surface area contributed by atoms with Gasteiger partial charge in [-0.15, -0.1) is 34.0 Å². The Hall–Kier alpha value is -1.43. The maximum atomic E-state index is 12.3. The van der Waals surface area contributed by atoms with Gasteiger partial charge in [0.15, 0.2) is 0 Å². The van der Waals surface area contributed by atoms with E-state index in [9.17, 15) is 4.79 Å². The molecular weight excluding hydrogens is 440 g/mol. The van der Waals surface area contributed by atoms with E-state index < -0.39 is 0 Å². The predicted octanol–water partition coefficient (Wildman–Crippen LogP) is 9.31. The van der Waals surface area contributed by atoms with Crippen LogP contribution in [0, 0.1) is 5.92 Å². The van der Waals surface area contributed by atoms with E-state index in [1.807, 2.05) is 23.5 Å². The molecule has 3 aromatic rings. The third-order valence-corrected chi connectivity index (χ3v) is 9.22. The second-order valence-corrected chi connectivity index (χ2v) is 11.6. The zero-order chi connectivity index (χ0) is 22.1. The molecule has 5 heteroatoms. The predicted molar refractivity (Wildman–Crippen MR) is 138 cm³/mol. The van der Waals surface area contributed by atoms with Crippen molar-refractivity contribution in [3.63, 3.8) is 0 Å². The lowest BCUT2D eigenvalue weighted by Gasteiger charge is -2.08. The number of hydrogen-bond acceptors (Lipinski definition) is 5. The molecule has 3 aromatic heterocycles. The average molecular weight is 475 g/mol. The minimum Gasteiger partial charge on any atom is -0.461 e. The molecule has 31 heavy (non-hydrogen) atoms. The number of thiophene rings is 3. The van der Waals surface area contributed by atoms with Crippen LogP contribution in [-0.4, -0.2) is 12.6 Å². The lowest BCUT2D eigenvalue weighted by Crippen LogP contribution is -2.10. The maximum absolute atomic E-state index is 12.3. The number of esters is 1. The zero-order valence-corrected chi connectivity index (χ0v) is 21.4. The largest absolute Gasteiger partial charge is 0.461 e. The van der Waals surface area contributed by atoms with E-state index in [1.165, 1.54) is 75.8 Å². The van der Waals surface area contributed by atoms with Gasteiger partial charge in [-0.3, -0.25) is 0 Å². The fourth-order valence-corrected chi connectivity index (χ4v) is 6.45. The Morgan fingerprint density at radius 1 is 0.806 bits per heavy atom. The van der Waals surface area contributed by atoms with Crippen LogP contribution in [0.1, 0.15) is 80.3 Å².